The van der Waals surface area contributed by atoms with Crippen LogP contribution in [0.3, 0.4) is 0 Å². The molecular weight excluding hydrogens is 472 g/mol. The first kappa shape index (κ1) is 24.8. The predicted molar refractivity (Wildman–Crippen MR) is 117 cm³/mol. The van der Waals surface area contributed by atoms with Gasteiger partial charge in [0.25, 0.3) is 5.91 Å². The topological polar surface area (TPSA) is 187 Å². The van der Waals surface area contributed by atoms with Gasteiger partial charge in [0.15, 0.2) is 5.71 Å². The molecule has 0 saturated carbocycles. The largest absolute Gasteiger partial charge is 0.481 e. The molecule has 3 rings (SSSR count). The molecule has 2 aliphatic heterocycles. The number of nitrogens with zero attached hydrogens (tertiary/aromatic N) is 2. The van der Waals surface area contributed by atoms with E-state index in [2.05, 4.69) is 10.5 Å². The second kappa shape index (κ2) is 9.99. The molecule has 1 aromatic rings. The molecule has 0 aromatic heterocycles. The molecule has 182 valence electrons. The number of amides is 3. The third-order valence-corrected chi connectivity index (χ3v) is 6.73. The minimum atomic E-state index is -1.51. The van der Waals surface area contributed by atoms with Gasteiger partial charge in [0.05, 0.1) is 0 Å². The second-order valence-corrected chi connectivity index (χ2v) is 8.66. The summed E-state index contributed by atoms with van der Waals surface area (Å²) in [5.41, 5.74) is 3.56. The normalized spacial score (nSPS) is 23.8. The number of rotatable bonds is 8. The average Bonchev–Trinajstić information content (AvgIpc) is 2.78. The Hall–Kier alpha value is -3.81. The lowest BCUT2D eigenvalue weighted by Crippen LogP contribution is -2.74. The molecule has 34 heavy (non-hydrogen) atoms. The molecule has 13 nitrogen and oxygen atoms in total. The number of esters is 1. The number of fused-ring (bicyclic) bond motifs is 1. The lowest BCUT2D eigenvalue weighted by molar-refractivity contribution is -0.160. The summed E-state index contributed by atoms with van der Waals surface area (Å²) in [5, 5.41) is 15.5. The number of oxime groups is 1. The number of thioether (sulfide) groups is 1. The molecule has 0 spiro atoms. The van der Waals surface area contributed by atoms with Gasteiger partial charge in [0.1, 0.15) is 36.3 Å². The van der Waals surface area contributed by atoms with Crippen LogP contribution in [0.1, 0.15) is 12.5 Å². The van der Waals surface area contributed by atoms with Crippen LogP contribution in [0.2, 0.25) is 0 Å². The average molecular weight is 494 g/mol. The summed E-state index contributed by atoms with van der Waals surface area (Å²) in [6.07, 6.45) is -1.12. The van der Waals surface area contributed by atoms with Crippen molar-refractivity contribution in [2.75, 3.05) is 26.0 Å². The van der Waals surface area contributed by atoms with E-state index in [4.69, 9.17) is 20.0 Å². The van der Waals surface area contributed by atoms with Crippen LogP contribution >= 0.6 is 11.8 Å². The van der Waals surface area contributed by atoms with E-state index in [1.54, 1.807) is 12.1 Å². The number of hydrogen-bond acceptors (Lipinski definition) is 10. The van der Waals surface area contributed by atoms with E-state index >= 15 is 0 Å². The van der Waals surface area contributed by atoms with Gasteiger partial charge in [0, 0.05) is 24.8 Å². The summed E-state index contributed by atoms with van der Waals surface area (Å²) < 4.78 is 9.72. The van der Waals surface area contributed by atoms with Crippen LogP contribution in [-0.4, -0.2) is 83.0 Å². The van der Waals surface area contributed by atoms with Gasteiger partial charge in [-0.3, -0.25) is 19.2 Å². The molecule has 2 heterocycles. The minimum Gasteiger partial charge on any atom is -0.481 e. The maximum atomic E-state index is 12.9. The number of ether oxygens (including phenoxy) is 2. The van der Waals surface area contributed by atoms with Crippen molar-refractivity contribution in [3.63, 3.8) is 0 Å². The van der Waals surface area contributed by atoms with Crippen molar-refractivity contribution in [3.8, 4) is 5.75 Å². The summed E-state index contributed by atoms with van der Waals surface area (Å²) in [7, 11) is 1.25. The molecule has 0 aliphatic carbocycles. The molecule has 3 atom stereocenters. The van der Waals surface area contributed by atoms with Crippen LogP contribution in [0.25, 0.3) is 0 Å². The lowest BCUT2D eigenvalue weighted by atomic mass is 9.88. The third kappa shape index (κ3) is 5.06. The number of carboxylic acids is 1. The van der Waals surface area contributed by atoms with Crippen molar-refractivity contribution in [3.05, 3.63) is 29.8 Å². The van der Waals surface area contributed by atoms with E-state index in [0.29, 0.717) is 0 Å². The molecule has 3 amide bonds. The molecule has 2 aliphatic rings. The highest BCUT2D eigenvalue weighted by Crippen LogP contribution is 2.42. The molecule has 2 unspecified atom stereocenters. The second-order valence-electron chi connectivity index (χ2n) is 7.56. The monoisotopic (exact) mass is 494 g/mol. The summed E-state index contributed by atoms with van der Waals surface area (Å²) in [6, 6.07) is 5.12. The van der Waals surface area contributed by atoms with Crippen molar-refractivity contribution >= 4 is 47.3 Å². The maximum Gasteiger partial charge on any atom is 0.404 e. The Morgan fingerprint density at radius 2 is 2.09 bits per heavy atom. The van der Waals surface area contributed by atoms with Crippen molar-refractivity contribution in [2.24, 2.45) is 16.3 Å². The zero-order valence-corrected chi connectivity index (χ0v) is 19.0. The van der Waals surface area contributed by atoms with Gasteiger partial charge in [-0.2, -0.15) is 0 Å². The smallest absolute Gasteiger partial charge is 0.404 e. The van der Waals surface area contributed by atoms with E-state index < -0.39 is 53.3 Å². The fraction of sp³-hybridized carbons (Fsp3) is 0.400. The summed E-state index contributed by atoms with van der Waals surface area (Å²) in [4.78, 5) is 65.7. The number of carboxylic acid groups (broad SMARTS) is 1. The standard InChI is InChI=1S/C20H22N4O9S/c1-10(25)33-12-5-3-4-11(6-12)13(23-31-2)15(26)22-14-16(27)24-7-20(18(28)29,8-32-19(21)30)9-34-17(14)24/h3-6,14,17H,7-9H2,1-2H3,(H2,21,30)(H,22,26)(H,28,29)/t14?,17-,20?/m1/s1. The number of benzene rings is 1. The summed E-state index contributed by atoms with van der Waals surface area (Å²) in [5.74, 6) is -2.77. The zero-order chi connectivity index (χ0) is 25.0. The van der Waals surface area contributed by atoms with Gasteiger partial charge < -0.3 is 35.4 Å². The molecule has 2 saturated heterocycles. The Morgan fingerprint density at radius 3 is 2.71 bits per heavy atom. The Kier molecular flexibility index (Phi) is 7.29. The van der Waals surface area contributed by atoms with E-state index in [-0.39, 0.29) is 29.3 Å². The Bertz CT molecular complexity index is 1060. The zero-order valence-electron chi connectivity index (χ0n) is 18.2. The molecule has 0 bridgehead atoms. The van der Waals surface area contributed by atoms with Gasteiger partial charge in [-0.1, -0.05) is 17.3 Å². The highest BCUT2D eigenvalue weighted by atomic mass is 32.2. The molecule has 1 aromatic carbocycles. The van der Waals surface area contributed by atoms with Gasteiger partial charge in [-0.05, 0) is 12.1 Å². The number of carbonyl (C=O) groups excluding carboxylic acids is 4. The van der Waals surface area contributed by atoms with Crippen LogP contribution in [-0.2, 0) is 28.8 Å². The molecular formula is C20H22N4O9S. The number of primary amides is 1. The van der Waals surface area contributed by atoms with Crippen molar-refractivity contribution < 1.29 is 43.4 Å². The van der Waals surface area contributed by atoms with Crippen molar-refractivity contribution in [1.29, 1.82) is 0 Å². The van der Waals surface area contributed by atoms with Crippen molar-refractivity contribution in [1.82, 2.24) is 10.2 Å². The summed E-state index contributed by atoms with van der Waals surface area (Å²) in [6.45, 7) is 0.543. The SMILES string of the molecule is CON=C(C(=O)NC1C(=O)N2CC(COC(N)=O)(C(=O)O)CS[C@H]12)c1cccc(OC(C)=O)c1. The van der Waals surface area contributed by atoms with E-state index in [1.807, 2.05) is 0 Å². The summed E-state index contributed by atoms with van der Waals surface area (Å²) >= 11 is 1.13. The number of β-lactam (4-membered cyclic amide) rings is 1. The molecule has 14 heteroatoms. The van der Waals surface area contributed by atoms with Crippen LogP contribution < -0.4 is 15.8 Å². The first-order valence-electron chi connectivity index (χ1n) is 9.86. The van der Waals surface area contributed by atoms with E-state index in [1.165, 1.54) is 31.1 Å². The van der Waals surface area contributed by atoms with Crippen LogP contribution in [0.5, 0.6) is 5.75 Å². The minimum absolute atomic E-state index is 0.0277. The lowest BCUT2D eigenvalue weighted by Gasteiger charge is -2.53. The van der Waals surface area contributed by atoms with Crippen LogP contribution in [0.4, 0.5) is 4.79 Å². The van der Waals surface area contributed by atoms with E-state index in [9.17, 15) is 29.1 Å². The predicted octanol–water partition coefficient (Wildman–Crippen LogP) is -0.471. The number of nitrogens with one attached hydrogen (secondary N) is 1. The number of aliphatic carboxylic acids is 1. The van der Waals surface area contributed by atoms with Crippen molar-refractivity contribution in [2.45, 2.75) is 18.3 Å². The number of carbonyl (C=O) groups is 5. The third-order valence-electron chi connectivity index (χ3n) is 5.14. The highest BCUT2D eigenvalue weighted by Gasteiger charge is 2.58. The van der Waals surface area contributed by atoms with E-state index in [0.717, 1.165) is 11.8 Å². The first-order chi connectivity index (χ1) is 16.1. The molecule has 0 radical (unpaired) electrons. The molecule has 2 fully saturated rings. The Labute approximate surface area is 197 Å². The highest BCUT2D eigenvalue weighted by molar-refractivity contribution is 8.00. The Morgan fingerprint density at radius 1 is 1.35 bits per heavy atom. The number of nitrogens with two attached hydrogens (primary N) is 1. The van der Waals surface area contributed by atoms with Gasteiger partial charge in [0.2, 0.25) is 5.91 Å². The Balaban J connectivity index is 1.72. The maximum absolute atomic E-state index is 12.9. The first-order valence-corrected chi connectivity index (χ1v) is 10.9. The number of hydrogen-bond donors (Lipinski definition) is 3. The molecule has 4 N–H and O–H groups in total. The van der Waals surface area contributed by atoms with Gasteiger partial charge in [-0.15, -0.1) is 11.8 Å². The quantitative estimate of drug-likeness (QED) is 0.140. The fourth-order valence-electron chi connectivity index (χ4n) is 3.51. The fourth-order valence-corrected chi connectivity index (χ4v) is 5.04. The van der Waals surface area contributed by atoms with Gasteiger partial charge >= 0.3 is 18.0 Å². The van der Waals surface area contributed by atoms with Crippen LogP contribution in [0.15, 0.2) is 29.4 Å². The van der Waals surface area contributed by atoms with Crippen LogP contribution in [0, 0.1) is 5.41 Å². The van der Waals surface area contributed by atoms with Gasteiger partial charge in [-0.25, -0.2) is 4.79 Å².